The summed E-state index contributed by atoms with van der Waals surface area (Å²) in [4.78, 5) is 52.1. The standard InChI is InChI=1S/C20H18ClN3O5S/c1-23-10-8-14(25)18(19(23)28)24(20(29)22-9-7-17(26)27)13-4-2-3-12(11-13)15-5-6-16(21)30-15/h2-6,8,10-11,18H,7,9H2,1H3,(H,22,29)(H,26,27). The van der Waals surface area contributed by atoms with Gasteiger partial charge in [0, 0.05) is 36.4 Å². The van der Waals surface area contributed by atoms with Crippen LogP contribution in [-0.2, 0) is 14.4 Å². The summed E-state index contributed by atoms with van der Waals surface area (Å²) in [6, 6.07) is 8.25. The van der Waals surface area contributed by atoms with Crippen molar-refractivity contribution in [2.24, 2.45) is 0 Å². The lowest BCUT2D eigenvalue weighted by molar-refractivity contribution is -0.137. The number of benzene rings is 1. The van der Waals surface area contributed by atoms with Crippen LogP contribution in [0.5, 0.6) is 0 Å². The van der Waals surface area contributed by atoms with Crippen molar-refractivity contribution in [2.45, 2.75) is 12.5 Å². The highest BCUT2D eigenvalue weighted by atomic mass is 35.5. The minimum Gasteiger partial charge on any atom is -0.481 e. The third-order valence-corrected chi connectivity index (χ3v) is 5.67. The molecule has 0 spiro atoms. The van der Waals surface area contributed by atoms with Crippen LogP contribution in [0.15, 0.2) is 48.7 Å². The molecule has 1 aliphatic rings. The number of ketones is 1. The van der Waals surface area contributed by atoms with Gasteiger partial charge in [-0.25, -0.2) is 4.79 Å². The van der Waals surface area contributed by atoms with Gasteiger partial charge in [-0.2, -0.15) is 0 Å². The summed E-state index contributed by atoms with van der Waals surface area (Å²) in [5.41, 5.74) is 1.08. The lowest BCUT2D eigenvalue weighted by atomic mass is 10.0. The molecule has 0 fully saturated rings. The fourth-order valence-electron chi connectivity index (χ4n) is 2.93. The van der Waals surface area contributed by atoms with Gasteiger partial charge in [0.15, 0.2) is 11.8 Å². The first-order valence-electron chi connectivity index (χ1n) is 8.91. The summed E-state index contributed by atoms with van der Waals surface area (Å²) in [5, 5.41) is 11.3. The van der Waals surface area contributed by atoms with Gasteiger partial charge < -0.3 is 15.3 Å². The van der Waals surface area contributed by atoms with Gasteiger partial charge in [-0.1, -0.05) is 23.7 Å². The largest absolute Gasteiger partial charge is 0.481 e. The zero-order valence-corrected chi connectivity index (χ0v) is 17.4. The minimum absolute atomic E-state index is 0.147. The van der Waals surface area contributed by atoms with Crippen LogP contribution in [0.2, 0.25) is 4.34 Å². The van der Waals surface area contributed by atoms with Crippen LogP contribution in [0, 0.1) is 0 Å². The molecule has 1 aliphatic heterocycles. The van der Waals surface area contributed by atoms with Crippen molar-refractivity contribution < 1.29 is 24.3 Å². The summed E-state index contributed by atoms with van der Waals surface area (Å²) in [6.45, 7) is -0.147. The van der Waals surface area contributed by atoms with Gasteiger partial charge in [-0.05, 0) is 29.8 Å². The number of anilines is 1. The second-order valence-electron chi connectivity index (χ2n) is 6.47. The number of carboxylic acid groups (broad SMARTS) is 1. The van der Waals surface area contributed by atoms with E-state index in [1.807, 2.05) is 12.1 Å². The summed E-state index contributed by atoms with van der Waals surface area (Å²) < 4.78 is 0.600. The van der Waals surface area contributed by atoms with Gasteiger partial charge >= 0.3 is 12.0 Å². The SMILES string of the molecule is CN1C=CC(=O)C(N(C(=O)NCCC(=O)O)c2cccc(-c3ccc(Cl)s3)c2)C1=O. The average Bonchev–Trinajstić information content (AvgIpc) is 3.14. The molecule has 1 atom stereocenters. The molecule has 2 aromatic rings. The Balaban J connectivity index is 2.00. The smallest absolute Gasteiger partial charge is 0.323 e. The van der Waals surface area contributed by atoms with Gasteiger partial charge in [-0.3, -0.25) is 19.3 Å². The van der Waals surface area contributed by atoms with E-state index in [1.165, 1.54) is 35.6 Å². The maximum absolute atomic E-state index is 12.9. The van der Waals surface area contributed by atoms with E-state index < -0.39 is 29.7 Å². The molecule has 0 aliphatic carbocycles. The number of amides is 3. The predicted molar refractivity (Wildman–Crippen MR) is 114 cm³/mol. The van der Waals surface area contributed by atoms with Crippen molar-refractivity contribution in [3.63, 3.8) is 0 Å². The molecule has 3 rings (SSSR count). The number of urea groups is 1. The van der Waals surface area contributed by atoms with Crippen molar-refractivity contribution in [1.29, 1.82) is 0 Å². The number of halogens is 1. The van der Waals surface area contributed by atoms with Crippen LogP contribution in [0.1, 0.15) is 6.42 Å². The number of nitrogens with zero attached hydrogens (tertiary/aromatic N) is 2. The molecule has 1 unspecified atom stereocenters. The Morgan fingerprint density at radius 2 is 2.03 bits per heavy atom. The number of hydrogen-bond acceptors (Lipinski definition) is 5. The monoisotopic (exact) mass is 447 g/mol. The number of carboxylic acids is 1. The van der Waals surface area contributed by atoms with Crippen molar-refractivity contribution in [3.8, 4) is 10.4 Å². The van der Waals surface area contributed by atoms with E-state index in [0.717, 1.165) is 15.3 Å². The molecule has 10 heteroatoms. The molecule has 156 valence electrons. The summed E-state index contributed by atoms with van der Waals surface area (Å²) >= 11 is 7.37. The molecule has 0 bridgehead atoms. The van der Waals surface area contributed by atoms with Crippen molar-refractivity contribution >= 4 is 52.3 Å². The predicted octanol–water partition coefficient (Wildman–Crippen LogP) is 2.98. The Hall–Kier alpha value is -3.17. The minimum atomic E-state index is -1.40. The van der Waals surface area contributed by atoms with E-state index in [0.29, 0.717) is 10.0 Å². The highest BCUT2D eigenvalue weighted by Crippen LogP contribution is 2.33. The number of hydrogen-bond donors (Lipinski definition) is 2. The lowest BCUT2D eigenvalue weighted by Crippen LogP contribution is -2.57. The first-order chi connectivity index (χ1) is 14.3. The summed E-state index contributed by atoms with van der Waals surface area (Å²) in [6.07, 6.45) is 2.28. The summed E-state index contributed by atoms with van der Waals surface area (Å²) in [7, 11) is 1.49. The Bertz CT molecular complexity index is 1030. The number of carbonyl (C=O) groups excluding carboxylic acids is 3. The Kier molecular flexibility index (Phi) is 6.53. The third-order valence-electron chi connectivity index (χ3n) is 4.39. The molecule has 2 heterocycles. The molecular weight excluding hydrogens is 430 g/mol. The topological polar surface area (TPSA) is 107 Å². The Morgan fingerprint density at radius 3 is 2.70 bits per heavy atom. The number of rotatable bonds is 6. The molecule has 0 radical (unpaired) electrons. The van der Waals surface area contributed by atoms with E-state index in [-0.39, 0.29) is 13.0 Å². The quantitative estimate of drug-likeness (QED) is 0.662. The fourth-order valence-corrected chi connectivity index (χ4v) is 3.97. The highest BCUT2D eigenvalue weighted by Gasteiger charge is 2.39. The second kappa shape index (κ2) is 9.10. The van der Waals surface area contributed by atoms with Crippen molar-refractivity contribution in [3.05, 3.63) is 53.0 Å². The van der Waals surface area contributed by atoms with E-state index >= 15 is 0 Å². The zero-order valence-electron chi connectivity index (χ0n) is 15.9. The number of thiophene rings is 1. The highest BCUT2D eigenvalue weighted by molar-refractivity contribution is 7.19. The summed E-state index contributed by atoms with van der Waals surface area (Å²) in [5.74, 6) is -2.19. The van der Waals surface area contributed by atoms with Crippen LogP contribution in [-0.4, -0.2) is 53.3 Å². The fraction of sp³-hybridized carbons (Fsp3) is 0.200. The van der Waals surface area contributed by atoms with Gasteiger partial charge in [0.05, 0.1) is 10.8 Å². The van der Waals surface area contributed by atoms with Crippen LogP contribution >= 0.6 is 22.9 Å². The lowest BCUT2D eigenvalue weighted by Gasteiger charge is -2.33. The van der Waals surface area contributed by atoms with Crippen LogP contribution in [0.3, 0.4) is 0 Å². The molecule has 8 nitrogen and oxygen atoms in total. The maximum atomic E-state index is 12.9. The number of aliphatic carboxylic acids is 1. The van der Waals surface area contributed by atoms with Gasteiger partial charge in [0.25, 0.3) is 5.91 Å². The molecule has 1 aromatic heterocycles. The average molecular weight is 448 g/mol. The molecule has 30 heavy (non-hydrogen) atoms. The number of carbonyl (C=O) groups is 4. The zero-order chi connectivity index (χ0) is 21.8. The molecule has 1 aromatic carbocycles. The molecule has 3 amide bonds. The van der Waals surface area contributed by atoms with Crippen molar-refractivity contribution in [1.82, 2.24) is 10.2 Å². The van der Waals surface area contributed by atoms with Gasteiger partial charge in [-0.15, -0.1) is 11.3 Å². The number of likely N-dealkylation sites (N-methyl/N-ethyl adjacent to an activating group) is 1. The Morgan fingerprint density at radius 1 is 1.27 bits per heavy atom. The van der Waals surface area contributed by atoms with E-state index in [2.05, 4.69) is 5.32 Å². The normalized spacial score (nSPS) is 15.9. The van der Waals surface area contributed by atoms with Crippen LogP contribution < -0.4 is 10.2 Å². The van der Waals surface area contributed by atoms with E-state index in [9.17, 15) is 19.2 Å². The third kappa shape index (κ3) is 4.69. The van der Waals surface area contributed by atoms with Gasteiger partial charge in [0.1, 0.15) is 0 Å². The van der Waals surface area contributed by atoms with Crippen LogP contribution in [0.25, 0.3) is 10.4 Å². The maximum Gasteiger partial charge on any atom is 0.323 e. The molecule has 0 saturated carbocycles. The first-order valence-corrected chi connectivity index (χ1v) is 10.1. The van der Waals surface area contributed by atoms with Crippen LogP contribution in [0.4, 0.5) is 10.5 Å². The second-order valence-corrected chi connectivity index (χ2v) is 8.18. The van der Waals surface area contributed by atoms with E-state index in [4.69, 9.17) is 16.7 Å². The van der Waals surface area contributed by atoms with Crippen molar-refractivity contribution in [2.75, 3.05) is 18.5 Å². The number of nitrogens with one attached hydrogen (secondary N) is 1. The Labute approximate surface area is 181 Å². The van der Waals surface area contributed by atoms with E-state index in [1.54, 1.807) is 24.3 Å². The first kappa shape index (κ1) is 21.5. The molecule has 0 saturated heterocycles. The van der Waals surface area contributed by atoms with Gasteiger partial charge in [0.2, 0.25) is 0 Å². The molecule has 2 N–H and O–H groups in total. The molecular formula is C20H18ClN3O5S.